The Hall–Kier alpha value is -1.93. The zero-order valence-corrected chi connectivity index (χ0v) is 17.6. The van der Waals surface area contributed by atoms with Gasteiger partial charge in [-0.15, -0.1) is 11.3 Å². The van der Waals surface area contributed by atoms with Gasteiger partial charge in [-0.25, -0.2) is 0 Å². The molecular weight excluding hydrogens is 386 g/mol. The van der Waals surface area contributed by atoms with Gasteiger partial charge in [0.05, 0.1) is 36.3 Å². The molecule has 4 rings (SSSR count). The standard InChI is InChI=1S/C22H29N3O3S/c26-21(23-7-4-8-24-9-13-27-14-10-24)20-17-19(18-5-2-1-3-6-18)22(29-20)25-11-15-28-16-12-25/h1-3,5-6,17H,4,7-16H2,(H,23,26). The van der Waals surface area contributed by atoms with Crippen LogP contribution in [0.3, 0.4) is 0 Å². The number of anilines is 1. The van der Waals surface area contributed by atoms with Gasteiger partial charge in [0.2, 0.25) is 0 Å². The van der Waals surface area contributed by atoms with Crippen LogP contribution >= 0.6 is 11.3 Å². The fourth-order valence-corrected chi connectivity index (χ4v) is 4.88. The molecule has 3 heterocycles. The molecule has 1 aromatic carbocycles. The van der Waals surface area contributed by atoms with Crippen molar-refractivity contribution < 1.29 is 14.3 Å². The smallest absolute Gasteiger partial charge is 0.261 e. The van der Waals surface area contributed by atoms with Crippen molar-refractivity contribution in [2.75, 3.05) is 70.6 Å². The Morgan fingerprint density at radius 1 is 1.00 bits per heavy atom. The summed E-state index contributed by atoms with van der Waals surface area (Å²) in [6.45, 7) is 8.49. The fourth-order valence-electron chi connectivity index (χ4n) is 3.74. The van der Waals surface area contributed by atoms with Crippen LogP contribution in [0.2, 0.25) is 0 Å². The van der Waals surface area contributed by atoms with Gasteiger partial charge in [0.15, 0.2) is 0 Å². The van der Waals surface area contributed by atoms with E-state index in [1.165, 1.54) is 0 Å². The van der Waals surface area contributed by atoms with Gasteiger partial charge >= 0.3 is 0 Å². The number of benzene rings is 1. The number of carbonyl (C=O) groups excluding carboxylic acids is 1. The van der Waals surface area contributed by atoms with Gasteiger partial charge in [0.1, 0.15) is 0 Å². The van der Waals surface area contributed by atoms with Crippen molar-refractivity contribution in [1.29, 1.82) is 0 Å². The van der Waals surface area contributed by atoms with Crippen LogP contribution < -0.4 is 10.2 Å². The zero-order chi connectivity index (χ0) is 19.9. The number of nitrogens with zero attached hydrogens (tertiary/aromatic N) is 2. The molecule has 156 valence electrons. The second kappa shape index (κ2) is 10.2. The molecule has 1 N–H and O–H groups in total. The number of amides is 1. The summed E-state index contributed by atoms with van der Waals surface area (Å²) in [4.78, 5) is 18.3. The molecule has 7 heteroatoms. The van der Waals surface area contributed by atoms with Gasteiger partial charge in [0.25, 0.3) is 5.91 Å². The highest BCUT2D eigenvalue weighted by atomic mass is 32.1. The van der Waals surface area contributed by atoms with E-state index in [0.717, 1.165) is 86.6 Å². The highest BCUT2D eigenvalue weighted by Gasteiger charge is 2.21. The van der Waals surface area contributed by atoms with Gasteiger partial charge in [-0.1, -0.05) is 30.3 Å². The second-order valence-corrected chi connectivity index (χ2v) is 8.39. The number of carbonyl (C=O) groups is 1. The van der Waals surface area contributed by atoms with Crippen molar-refractivity contribution in [2.24, 2.45) is 0 Å². The molecule has 1 amide bonds. The van der Waals surface area contributed by atoms with Crippen molar-refractivity contribution >= 4 is 22.2 Å². The Bertz CT molecular complexity index is 784. The molecule has 2 aromatic rings. The first-order valence-corrected chi connectivity index (χ1v) is 11.2. The van der Waals surface area contributed by atoms with E-state index in [9.17, 15) is 4.79 Å². The Morgan fingerprint density at radius 2 is 1.69 bits per heavy atom. The number of hydrogen-bond donors (Lipinski definition) is 1. The minimum Gasteiger partial charge on any atom is -0.379 e. The zero-order valence-electron chi connectivity index (χ0n) is 16.8. The van der Waals surface area contributed by atoms with Gasteiger partial charge in [-0.3, -0.25) is 9.69 Å². The SMILES string of the molecule is O=C(NCCCN1CCOCC1)c1cc(-c2ccccc2)c(N2CCOCC2)s1. The Kier molecular flexibility index (Phi) is 7.16. The summed E-state index contributed by atoms with van der Waals surface area (Å²) in [5.41, 5.74) is 2.28. The normalized spacial score (nSPS) is 18.0. The monoisotopic (exact) mass is 415 g/mol. The Morgan fingerprint density at radius 3 is 2.41 bits per heavy atom. The minimum absolute atomic E-state index is 0.0219. The molecule has 2 aliphatic rings. The molecule has 29 heavy (non-hydrogen) atoms. The Labute approximate surface area is 176 Å². The quantitative estimate of drug-likeness (QED) is 0.705. The van der Waals surface area contributed by atoms with E-state index in [-0.39, 0.29) is 5.91 Å². The number of nitrogens with one attached hydrogen (secondary N) is 1. The molecule has 0 saturated carbocycles. The van der Waals surface area contributed by atoms with E-state index in [0.29, 0.717) is 6.54 Å². The molecule has 0 unspecified atom stereocenters. The summed E-state index contributed by atoms with van der Waals surface area (Å²) < 4.78 is 10.9. The van der Waals surface area contributed by atoms with Gasteiger partial charge in [-0.2, -0.15) is 0 Å². The van der Waals surface area contributed by atoms with Crippen LogP contribution in [-0.4, -0.2) is 76.5 Å². The van der Waals surface area contributed by atoms with Crippen LogP contribution in [0.25, 0.3) is 11.1 Å². The van der Waals surface area contributed by atoms with Crippen molar-refractivity contribution in [3.05, 3.63) is 41.3 Å². The lowest BCUT2D eigenvalue weighted by atomic mass is 10.1. The summed E-state index contributed by atoms with van der Waals surface area (Å²) in [6.07, 6.45) is 0.957. The largest absolute Gasteiger partial charge is 0.379 e. The molecule has 0 aliphatic carbocycles. The molecule has 0 atom stereocenters. The van der Waals surface area contributed by atoms with Gasteiger partial charge < -0.3 is 19.7 Å². The van der Waals surface area contributed by atoms with E-state index >= 15 is 0 Å². The predicted molar refractivity (Wildman–Crippen MR) is 117 cm³/mol. The summed E-state index contributed by atoms with van der Waals surface area (Å²) >= 11 is 1.59. The van der Waals surface area contributed by atoms with Crippen LogP contribution in [0, 0.1) is 0 Å². The average Bonchev–Trinajstić information content (AvgIpc) is 3.24. The molecule has 2 saturated heterocycles. The van der Waals surface area contributed by atoms with Crippen molar-refractivity contribution in [3.8, 4) is 11.1 Å². The van der Waals surface area contributed by atoms with Gasteiger partial charge in [0, 0.05) is 38.3 Å². The third-order valence-corrected chi connectivity index (χ3v) is 6.55. The van der Waals surface area contributed by atoms with E-state index in [2.05, 4.69) is 27.2 Å². The van der Waals surface area contributed by atoms with E-state index in [1.54, 1.807) is 11.3 Å². The first kappa shape index (κ1) is 20.3. The first-order chi connectivity index (χ1) is 14.3. The number of ether oxygens (including phenoxy) is 2. The maximum absolute atomic E-state index is 12.8. The molecule has 0 radical (unpaired) electrons. The first-order valence-electron chi connectivity index (χ1n) is 10.4. The molecule has 0 bridgehead atoms. The van der Waals surface area contributed by atoms with Crippen molar-refractivity contribution in [2.45, 2.75) is 6.42 Å². The third-order valence-electron chi connectivity index (χ3n) is 5.36. The lowest BCUT2D eigenvalue weighted by Crippen LogP contribution is -2.38. The molecule has 0 spiro atoms. The highest BCUT2D eigenvalue weighted by Crippen LogP contribution is 2.39. The highest BCUT2D eigenvalue weighted by molar-refractivity contribution is 7.18. The van der Waals surface area contributed by atoms with Crippen molar-refractivity contribution in [1.82, 2.24) is 10.2 Å². The number of hydrogen-bond acceptors (Lipinski definition) is 6. The maximum Gasteiger partial charge on any atom is 0.261 e. The maximum atomic E-state index is 12.8. The van der Waals surface area contributed by atoms with Crippen LogP contribution in [0.15, 0.2) is 36.4 Å². The molecule has 2 fully saturated rings. The topological polar surface area (TPSA) is 54.0 Å². The number of rotatable bonds is 7. The van der Waals surface area contributed by atoms with Crippen LogP contribution in [0.5, 0.6) is 0 Å². The van der Waals surface area contributed by atoms with Crippen LogP contribution in [0.1, 0.15) is 16.1 Å². The van der Waals surface area contributed by atoms with E-state index in [4.69, 9.17) is 9.47 Å². The van der Waals surface area contributed by atoms with Crippen LogP contribution in [0.4, 0.5) is 5.00 Å². The van der Waals surface area contributed by atoms with Crippen LogP contribution in [-0.2, 0) is 9.47 Å². The molecule has 2 aliphatic heterocycles. The summed E-state index contributed by atoms with van der Waals surface area (Å²) in [5, 5.41) is 4.27. The predicted octanol–water partition coefficient (Wildman–Crippen LogP) is 2.70. The van der Waals surface area contributed by atoms with E-state index in [1.807, 2.05) is 24.3 Å². The number of thiophene rings is 1. The summed E-state index contributed by atoms with van der Waals surface area (Å²) in [7, 11) is 0. The van der Waals surface area contributed by atoms with Gasteiger partial charge in [-0.05, 0) is 24.6 Å². The summed E-state index contributed by atoms with van der Waals surface area (Å²) in [5.74, 6) is 0.0219. The minimum atomic E-state index is 0.0219. The molecule has 6 nitrogen and oxygen atoms in total. The fraction of sp³-hybridized carbons (Fsp3) is 0.500. The van der Waals surface area contributed by atoms with Crippen molar-refractivity contribution in [3.63, 3.8) is 0 Å². The molecule has 1 aromatic heterocycles. The Balaban J connectivity index is 1.41. The second-order valence-electron chi connectivity index (χ2n) is 7.36. The lowest BCUT2D eigenvalue weighted by Gasteiger charge is -2.28. The molecular formula is C22H29N3O3S. The average molecular weight is 416 g/mol. The lowest BCUT2D eigenvalue weighted by molar-refractivity contribution is 0.0374. The summed E-state index contributed by atoms with van der Waals surface area (Å²) in [6, 6.07) is 12.4. The third kappa shape index (κ3) is 5.36. The number of morpholine rings is 2. The van der Waals surface area contributed by atoms with E-state index < -0.39 is 0 Å².